The summed E-state index contributed by atoms with van der Waals surface area (Å²) in [7, 11) is 0. The molecule has 2 fully saturated rings. The molecule has 1 amide bonds. The lowest BCUT2D eigenvalue weighted by atomic mass is 9.94. The molecule has 5 nitrogen and oxygen atoms in total. The maximum absolute atomic E-state index is 12.8. The number of nitrogens with zero attached hydrogens (tertiary/aromatic N) is 4. The van der Waals surface area contributed by atoms with Crippen LogP contribution in [0.3, 0.4) is 0 Å². The van der Waals surface area contributed by atoms with E-state index in [9.17, 15) is 4.79 Å². The maximum atomic E-state index is 12.8. The van der Waals surface area contributed by atoms with Crippen LogP contribution in [0.1, 0.15) is 32.3 Å². The van der Waals surface area contributed by atoms with Crippen molar-refractivity contribution in [3.63, 3.8) is 0 Å². The molecule has 2 aliphatic heterocycles. The SMILES string of the molecule is CC(C)N1CCN(C(=O)C2CCN(Cc3ccncc3)CC2)CC1. The van der Waals surface area contributed by atoms with Gasteiger partial charge in [-0.25, -0.2) is 0 Å². The zero-order chi connectivity index (χ0) is 16.9. The lowest BCUT2D eigenvalue weighted by molar-refractivity contribution is -0.139. The van der Waals surface area contributed by atoms with Gasteiger partial charge in [0.2, 0.25) is 5.91 Å². The first-order chi connectivity index (χ1) is 11.6. The van der Waals surface area contributed by atoms with E-state index in [2.05, 4.69) is 45.7 Å². The molecule has 132 valence electrons. The first kappa shape index (κ1) is 17.4. The highest BCUT2D eigenvalue weighted by Crippen LogP contribution is 2.22. The number of piperazine rings is 1. The Morgan fingerprint density at radius 1 is 1.08 bits per heavy atom. The smallest absolute Gasteiger partial charge is 0.225 e. The molecule has 0 saturated carbocycles. The Hall–Kier alpha value is -1.46. The number of carbonyl (C=O) groups excluding carboxylic acids is 1. The van der Waals surface area contributed by atoms with Gasteiger partial charge in [0.15, 0.2) is 0 Å². The van der Waals surface area contributed by atoms with Crippen LogP contribution < -0.4 is 0 Å². The third kappa shape index (κ3) is 4.33. The van der Waals surface area contributed by atoms with Crippen molar-refractivity contribution in [2.75, 3.05) is 39.3 Å². The summed E-state index contributed by atoms with van der Waals surface area (Å²) in [6.45, 7) is 11.3. The van der Waals surface area contributed by atoms with Crippen molar-refractivity contribution in [1.82, 2.24) is 19.7 Å². The summed E-state index contributed by atoms with van der Waals surface area (Å²) in [4.78, 5) is 23.9. The number of piperidine rings is 1. The van der Waals surface area contributed by atoms with Crippen molar-refractivity contribution in [1.29, 1.82) is 0 Å². The molecule has 0 atom stereocenters. The first-order valence-corrected chi connectivity index (χ1v) is 9.27. The standard InChI is InChI=1S/C19H30N4O/c1-16(2)22-11-13-23(14-12-22)19(24)18-5-9-21(10-6-18)15-17-3-7-20-8-4-17/h3-4,7-8,16,18H,5-6,9-15H2,1-2H3. The van der Waals surface area contributed by atoms with Gasteiger partial charge in [0.1, 0.15) is 0 Å². The lowest BCUT2D eigenvalue weighted by Gasteiger charge is -2.39. The maximum Gasteiger partial charge on any atom is 0.225 e. The van der Waals surface area contributed by atoms with E-state index in [-0.39, 0.29) is 5.92 Å². The second-order valence-corrected chi connectivity index (χ2v) is 7.36. The van der Waals surface area contributed by atoms with Crippen LogP contribution in [0.15, 0.2) is 24.5 Å². The quantitative estimate of drug-likeness (QED) is 0.845. The largest absolute Gasteiger partial charge is 0.340 e. The number of hydrogen-bond acceptors (Lipinski definition) is 4. The predicted molar refractivity (Wildman–Crippen MR) is 95.5 cm³/mol. The van der Waals surface area contributed by atoms with Gasteiger partial charge in [0, 0.05) is 57.1 Å². The third-order valence-corrected chi connectivity index (χ3v) is 5.45. The molecular formula is C19H30N4O. The normalized spacial score (nSPS) is 21.4. The van der Waals surface area contributed by atoms with E-state index in [1.165, 1.54) is 5.56 Å². The van der Waals surface area contributed by atoms with Crippen molar-refractivity contribution < 1.29 is 4.79 Å². The summed E-state index contributed by atoms with van der Waals surface area (Å²) in [6, 6.07) is 4.73. The molecule has 0 aliphatic carbocycles. The van der Waals surface area contributed by atoms with Crippen molar-refractivity contribution in [3.05, 3.63) is 30.1 Å². The Balaban J connectivity index is 1.44. The number of pyridine rings is 1. The highest BCUT2D eigenvalue weighted by atomic mass is 16.2. The average molecular weight is 330 g/mol. The summed E-state index contributed by atoms with van der Waals surface area (Å²) >= 11 is 0. The van der Waals surface area contributed by atoms with Crippen LogP contribution >= 0.6 is 0 Å². The number of amides is 1. The summed E-state index contributed by atoms with van der Waals surface area (Å²) in [5.41, 5.74) is 1.31. The summed E-state index contributed by atoms with van der Waals surface area (Å²) in [5, 5.41) is 0. The van der Waals surface area contributed by atoms with Crippen LogP contribution in [0.5, 0.6) is 0 Å². The summed E-state index contributed by atoms with van der Waals surface area (Å²) in [5.74, 6) is 0.617. The van der Waals surface area contributed by atoms with Crippen molar-refractivity contribution >= 4 is 5.91 Å². The van der Waals surface area contributed by atoms with Gasteiger partial charge in [-0.15, -0.1) is 0 Å². The zero-order valence-corrected chi connectivity index (χ0v) is 15.0. The fourth-order valence-corrected chi connectivity index (χ4v) is 3.80. The molecule has 2 aliphatic rings. The van der Waals surface area contributed by atoms with Crippen LogP contribution in [0.2, 0.25) is 0 Å². The molecule has 0 unspecified atom stereocenters. The van der Waals surface area contributed by atoms with Gasteiger partial charge in [0.05, 0.1) is 0 Å². The topological polar surface area (TPSA) is 39.7 Å². The van der Waals surface area contributed by atoms with Crippen LogP contribution in [0.4, 0.5) is 0 Å². The van der Waals surface area contributed by atoms with Crippen molar-refractivity contribution in [2.45, 2.75) is 39.3 Å². The third-order valence-electron chi connectivity index (χ3n) is 5.45. The minimum atomic E-state index is 0.226. The van der Waals surface area contributed by atoms with Gasteiger partial charge in [-0.1, -0.05) is 0 Å². The molecule has 0 N–H and O–H groups in total. The Bertz CT molecular complexity index is 517. The van der Waals surface area contributed by atoms with Gasteiger partial charge in [-0.3, -0.25) is 19.6 Å². The van der Waals surface area contributed by atoms with Crippen molar-refractivity contribution in [3.8, 4) is 0 Å². The highest BCUT2D eigenvalue weighted by molar-refractivity contribution is 5.79. The molecule has 3 heterocycles. The van der Waals surface area contributed by atoms with Crippen molar-refractivity contribution in [2.24, 2.45) is 5.92 Å². The van der Waals surface area contributed by atoms with Gasteiger partial charge in [-0.05, 0) is 57.5 Å². The molecular weight excluding hydrogens is 300 g/mol. The van der Waals surface area contributed by atoms with E-state index in [1.54, 1.807) is 0 Å². The molecule has 0 aromatic carbocycles. The van der Waals surface area contributed by atoms with Crippen LogP contribution in [-0.2, 0) is 11.3 Å². The molecule has 2 saturated heterocycles. The zero-order valence-electron chi connectivity index (χ0n) is 15.0. The van der Waals surface area contributed by atoms with Crippen LogP contribution in [0.25, 0.3) is 0 Å². The van der Waals surface area contributed by atoms with Crippen LogP contribution in [-0.4, -0.2) is 70.9 Å². The average Bonchev–Trinajstić information content (AvgIpc) is 2.63. The predicted octanol–water partition coefficient (Wildman–Crippen LogP) is 1.85. The number of likely N-dealkylation sites (tertiary alicyclic amines) is 1. The van der Waals surface area contributed by atoms with E-state index in [1.807, 2.05) is 12.4 Å². The van der Waals surface area contributed by atoms with E-state index in [0.29, 0.717) is 11.9 Å². The Labute approximate surface area is 145 Å². The first-order valence-electron chi connectivity index (χ1n) is 9.27. The van der Waals surface area contributed by atoms with Gasteiger partial charge >= 0.3 is 0 Å². The Morgan fingerprint density at radius 2 is 1.71 bits per heavy atom. The summed E-state index contributed by atoms with van der Waals surface area (Å²) in [6.07, 6.45) is 5.69. The second-order valence-electron chi connectivity index (χ2n) is 7.36. The second kappa shape index (κ2) is 8.08. The van der Waals surface area contributed by atoms with Crippen LogP contribution in [0, 0.1) is 5.92 Å². The molecule has 24 heavy (non-hydrogen) atoms. The molecule has 5 heteroatoms. The number of carbonyl (C=O) groups is 1. The molecule has 3 rings (SSSR count). The van der Waals surface area contributed by atoms with E-state index < -0.39 is 0 Å². The molecule has 1 aromatic rings. The van der Waals surface area contributed by atoms with Gasteiger partial charge in [0.25, 0.3) is 0 Å². The fourth-order valence-electron chi connectivity index (χ4n) is 3.80. The number of aromatic nitrogens is 1. The van der Waals surface area contributed by atoms with E-state index >= 15 is 0 Å². The Morgan fingerprint density at radius 3 is 2.29 bits per heavy atom. The van der Waals surface area contributed by atoms with Gasteiger partial charge in [-0.2, -0.15) is 0 Å². The molecule has 1 aromatic heterocycles. The lowest BCUT2D eigenvalue weighted by Crippen LogP contribution is -2.53. The van der Waals surface area contributed by atoms with E-state index in [0.717, 1.165) is 58.7 Å². The number of hydrogen-bond donors (Lipinski definition) is 0. The highest BCUT2D eigenvalue weighted by Gasteiger charge is 2.30. The molecule has 0 radical (unpaired) electrons. The monoisotopic (exact) mass is 330 g/mol. The molecule has 0 bridgehead atoms. The fraction of sp³-hybridized carbons (Fsp3) is 0.684. The molecule has 0 spiro atoms. The van der Waals surface area contributed by atoms with E-state index in [4.69, 9.17) is 0 Å². The number of rotatable bonds is 4. The summed E-state index contributed by atoms with van der Waals surface area (Å²) < 4.78 is 0. The Kier molecular flexibility index (Phi) is 5.85. The minimum absolute atomic E-state index is 0.226. The minimum Gasteiger partial charge on any atom is -0.340 e. The van der Waals surface area contributed by atoms with Gasteiger partial charge < -0.3 is 4.90 Å².